The SMILES string of the molecule is CC(C)[N+](O)(O)C(C)(C)C. The lowest BCUT2D eigenvalue weighted by Crippen LogP contribution is -2.59. The quantitative estimate of drug-likeness (QED) is 0.439. The largest absolute Gasteiger partial charge is 0.182 e. The molecule has 0 spiro atoms. The van der Waals surface area contributed by atoms with Crippen LogP contribution >= 0.6 is 0 Å². The van der Waals surface area contributed by atoms with Gasteiger partial charge in [0.2, 0.25) is 0 Å². The molecule has 0 fully saturated rings. The van der Waals surface area contributed by atoms with Crippen LogP contribution < -0.4 is 0 Å². The molecular weight excluding hydrogens is 130 g/mol. The van der Waals surface area contributed by atoms with Gasteiger partial charge in [-0.15, -0.1) is 0 Å². The lowest BCUT2D eigenvalue weighted by atomic mass is 10.1. The molecule has 62 valence electrons. The van der Waals surface area contributed by atoms with E-state index < -0.39 is 10.3 Å². The molecule has 0 aliphatic carbocycles. The van der Waals surface area contributed by atoms with Crippen LogP contribution in [-0.2, 0) is 0 Å². The lowest BCUT2D eigenvalue weighted by Gasteiger charge is -2.36. The van der Waals surface area contributed by atoms with Gasteiger partial charge in [-0.25, -0.2) is 0 Å². The molecule has 0 aliphatic rings. The molecule has 0 saturated carbocycles. The van der Waals surface area contributed by atoms with E-state index in [0.29, 0.717) is 0 Å². The third-order valence-corrected chi connectivity index (χ3v) is 1.71. The molecule has 0 saturated heterocycles. The summed E-state index contributed by atoms with van der Waals surface area (Å²) < 4.78 is 0. The van der Waals surface area contributed by atoms with Crippen LogP contribution in [0, 0.1) is 0 Å². The van der Waals surface area contributed by atoms with E-state index in [4.69, 9.17) is 0 Å². The highest BCUT2D eigenvalue weighted by Gasteiger charge is 2.42. The molecule has 2 N–H and O–H groups in total. The van der Waals surface area contributed by atoms with Crippen LogP contribution in [0.5, 0.6) is 0 Å². The van der Waals surface area contributed by atoms with Gasteiger partial charge < -0.3 is 0 Å². The molecule has 0 unspecified atom stereocenters. The second-order valence-electron chi connectivity index (χ2n) is 3.91. The Hall–Kier alpha value is -0.120. The number of hydroxylamine groups is 4. The fraction of sp³-hybridized carbons (Fsp3) is 1.00. The summed E-state index contributed by atoms with van der Waals surface area (Å²) in [6.07, 6.45) is 0. The fourth-order valence-electron chi connectivity index (χ4n) is 0.775. The van der Waals surface area contributed by atoms with E-state index in [2.05, 4.69) is 0 Å². The zero-order valence-electron chi connectivity index (χ0n) is 7.42. The first kappa shape index (κ1) is 9.88. The van der Waals surface area contributed by atoms with Gasteiger partial charge in [-0.2, -0.15) is 10.4 Å². The van der Waals surface area contributed by atoms with Gasteiger partial charge in [0.15, 0.2) is 5.54 Å². The zero-order valence-corrected chi connectivity index (χ0v) is 7.42. The standard InChI is InChI=1S/C7H18NO2/c1-6(2)8(9,10)7(3,4)5/h6,9-10H,1-5H3/q+1. The molecule has 0 aliphatic heterocycles. The topological polar surface area (TPSA) is 40.5 Å². The Labute approximate surface area is 62.4 Å². The molecule has 0 rings (SSSR count). The summed E-state index contributed by atoms with van der Waals surface area (Å²) in [5, 5.41) is 18.8. The van der Waals surface area contributed by atoms with Crippen molar-refractivity contribution in [1.29, 1.82) is 0 Å². The molecule has 3 heteroatoms. The maximum absolute atomic E-state index is 9.42. The van der Waals surface area contributed by atoms with Gasteiger partial charge in [0.05, 0.1) is 0 Å². The van der Waals surface area contributed by atoms with Crippen molar-refractivity contribution in [3.8, 4) is 0 Å². The average Bonchev–Trinajstić information content (AvgIpc) is 1.62. The van der Waals surface area contributed by atoms with Crippen molar-refractivity contribution in [2.45, 2.75) is 46.2 Å². The molecule has 0 radical (unpaired) electrons. The minimum absolute atomic E-state index is 0.194. The number of rotatable bonds is 1. The summed E-state index contributed by atoms with van der Waals surface area (Å²) in [7, 11) is 0. The fourth-order valence-corrected chi connectivity index (χ4v) is 0.775. The van der Waals surface area contributed by atoms with Crippen molar-refractivity contribution in [3.05, 3.63) is 0 Å². The molecule has 3 nitrogen and oxygen atoms in total. The summed E-state index contributed by atoms with van der Waals surface area (Å²) in [6, 6.07) is -0.194. The van der Waals surface area contributed by atoms with E-state index in [1.54, 1.807) is 34.6 Å². The first-order chi connectivity index (χ1) is 4.19. The van der Waals surface area contributed by atoms with Crippen molar-refractivity contribution in [1.82, 2.24) is 0 Å². The Morgan fingerprint density at radius 3 is 1.40 bits per heavy atom. The Kier molecular flexibility index (Phi) is 2.46. The predicted octanol–water partition coefficient (Wildman–Crippen LogP) is 1.79. The van der Waals surface area contributed by atoms with Crippen LogP contribution in [0.3, 0.4) is 0 Å². The Morgan fingerprint density at radius 1 is 1.10 bits per heavy atom. The molecule has 0 aromatic heterocycles. The van der Waals surface area contributed by atoms with E-state index in [1.165, 1.54) is 0 Å². The number of nitrogens with zero attached hydrogens (tertiary/aromatic N) is 1. The summed E-state index contributed by atoms with van der Waals surface area (Å²) >= 11 is 0. The van der Waals surface area contributed by atoms with Crippen LogP contribution in [0.4, 0.5) is 0 Å². The van der Waals surface area contributed by atoms with Crippen molar-refractivity contribution in [2.24, 2.45) is 0 Å². The van der Waals surface area contributed by atoms with Crippen LogP contribution in [-0.4, -0.2) is 26.8 Å². The van der Waals surface area contributed by atoms with Crippen LogP contribution in [0.2, 0.25) is 0 Å². The molecule has 0 bridgehead atoms. The Morgan fingerprint density at radius 2 is 1.40 bits per heavy atom. The summed E-state index contributed by atoms with van der Waals surface area (Å²) in [4.78, 5) is -0.924. The Balaban J connectivity index is 4.40. The summed E-state index contributed by atoms with van der Waals surface area (Å²) in [5.74, 6) is 0. The van der Waals surface area contributed by atoms with Crippen LogP contribution in [0.25, 0.3) is 0 Å². The summed E-state index contributed by atoms with van der Waals surface area (Å²) in [5.41, 5.74) is -0.534. The van der Waals surface area contributed by atoms with E-state index in [-0.39, 0.29) is 6.04 Å². The molecule has 0 aromatic rings. The van der Waals surface area contributed by atoms with Crippen molar-refractivity contribution >= 4 is 0 Å². The molecule has 0 amide bonds. The first-order valence-corrected chi connectivity index (χ1v) is 3.54. The lowest BCUT2D eigenvalue weighted by molar-refractivity contribution is -1.28. The zero-order chi connectivity index (χ0) is 8.58. The highest BCUT2D eigenvalue weighted by atomic mass is 16.8. The smallest absolute Gasteiger partial charge is 0.153 e. The van der Waals surface area contributed by atoms with E-state index in [1.807, 2.05) is 0 Å². The maximum Gasteiger partial charge on any atom is 0.153 e. The van der Waals surface area contributed by atoms with Crippen LogP contribution in [0.15, 0.2) is 0 Å². The normalized spacial score (nSPS) is 14.4. The van der Waals surface area contributed by atoms with Gasteiger partial charge in [-0.3, -0.25) is 0 Å². The van der Waals surface area contributed by atoms with Crippen LogP contribution in [0.1, 0.15) is 34.6 Å². The van der Waals surface area contributed by atoms with Gasteiger partial charge in [0.25, 0.3) is 0 Å². The van der Waals surface area contributed by atoms with Gasteiger partial charge in [0, 0.05) is 0 Å². The number of quaternary nitrogens is 1. The summed E-state index contributed by atoms with van der Waals surface area (Å²) in [6.45, 7) is 8.89. The molecular formula is C7H18NO2+. The predicted molar refractivity (Wildman–Crippen MR) is 38.7 cm³/mol. The number of hydrogen-bond acceptors (Lipinski definition) is 2. The van der Waals surface area contributed by atoms with Gasteiger partial charge >= 0.3 is 0 Å². The third-order valence-electron chi connectivity index (χ3n) is 1.71. The highest BCUT2D eigenvalue weighted by Crippen LogP contribution is 2.21. The first-order valence-electron chi connectivity index (χ1n) is 3.54. The second-order valence-corrected chi connectivity index (χ2v) is 3.91. The number of hydrogen-bond donors (Lipinski definition) is 2. The van der Waals surface area contributed by atoms with Gasteiger partial charge in [0.1, 0.15) is 6.04 Å². The van der Waals surface area contributed by atoms with Gasteiger partial charge in [-0.05, 0) is 39.4 Å². The Bertz CT molecular complexity index is 113. The van der Waals surface area contributed by atoms with Crippen molar-refractivity contribution in [3.63, 3.8) is 0 Å². The third kappa shape index (κ3) is 1.68. The maximum atomic E-state index is 9.42. The molecule has 0 atom stereocenters. The minimum Gasteiger partial charge on any atom is -0.182 e. The second kappa shape index (κ2) is 2.49. The van der Waals surface area contributed by atoms with Crippen molar-refractivity contribution < 1.29 is 15.2 Å². The van der Waals surface area contributed by atoms with Gasteiger partial charge in [-0.1, -0.05) is 0 Å². The molecule has 10 heavy (non-hydrogen) atoms. The van der Waals surface area contributed by atoms with E-state index in [0.717, 1.165) is 0 Å². The molecule has 0 heterocycles. The van der Waals surface area contributed by atoms with E-state index >= 15 is 0 Å². The monoisotopic (exact) mass is 148 g/mol. The highest BCUT2D eigenvalue weighted by molar-refractivity contribution is 4.57. The van der Waals surface area contributed by atoms with E-state index in [9.17, 15) is 10.4 Å². The van der Waals surface area contributed by atoms with Crippen molar-refractivity contribution in [2.75, 3.05) is 0 Å². The minimum atomic E-state index is -0.924. The average molecular weight is 148 g/mol. The molecule has 0 aromatic carbocycles.